The number of hydrogen-bond donors (Lipinski definition) is 1. The van der Waals surface area contributed by atoms with E-state index in [1.165, 1.54) is 25.7 Å². The second kappa shape index (κ2) is 5.58. The fourth-order valence-electron chi connectivity index (χ4n) is 3.86. The molecule has 0 radical (unpaired) electrons. The maximum Gasteiger partial charge on any atom is 0.169 e. The summed E-state index contributed by atoms with van der Waals surface area (Å²) >= 11 is 3.40. The molecule has 3 unspecified atom stereocenters. The second-order valence-electron chi connectivity index (χ2n) is 5.91. The van der Waals surface area contributed by atoms with Crippen molar-refractivity contribution in [3.63, 3.8) is 0 Å². The van der Waals surface area contributed by atoms with Gasteiger partial charge in [-0.15, -0.1) is 0 Å². The molecule has 3 atom stereocenters. The summed E-state index contributed by atoms with van der Waals surface area (Å²) in [4.78, 5) is 2.61. The number of fused-ring (bicyclic) bond motifs is 2. The van der Waals surface area contributed by atoms with Crippen molar-refractivity contribution in [2.24, 2.45) is 0 Å². The highest BCUT2D eigenvalue weighted by atomic mass is 79.9. The van der Waals surface area contributed by atoms with Crippen molar-refractivity contribution in [2.45, 2.75) is 63.7 Å². The van der Waals surface area contributed by atoms with Crippen LogP contribution in [0.2, 0.25) is 0 Å². The Labute approximate surface area is 123 Å². The van der Waals surface area contributed by atoms with Crippen molar-refractivity contribution in [3.05, 3.63) is 22.6 Å². The Bertz CT molecular complexity index is 422. The van der Waals surface area contributed by atoms with Crippen LogP contribution in [0.25, 0.3) is 0 Å². The van der Waals surface area contributed by atoms with Crippen LogP contribution in [0.5, 0.6) is 0 Å². The quantitative estimate of drug-likeness (QED) is 0.914. The molecule has 2 aliphatic rings. The molecule has 2 bridgehead atoms. The molecule has 2 fully saturated rings. The molecule has 3 nitrogen and oxygen atoms in total. The van der Waals surface area contributed by atoms with Gasteiger partial charge in [-0.05, 0) is 67.2 Å². The fourth-order valence-corrected chi connectivity index (χ4v) is 4.18. The number of furan rings is 1. The monoisotopic (exact) mass is 326 g/mol. The van der Waals surface area contributed by atoms with Gasteiger partial charge in [0.05, 0.1) is 6.04 Å². The van der Waals surface area contributed by atoms with E-state index in [2.05, 4.69) is 46.1 Å². The first kappa shape index (κ1) is 13.7. The van der Waals surface area contributed by atoms with E-state index < -0.39 is 0 Å². The molecule has 0 saturated carbocycles. The van der Waals surface area contributed by atoms with Gasteiger partial charge in [-0.25, -0.2) is 0 Å². The zero-order chi connectivity index (χ0) is 13.4. The molecule has 3 heterocycles. The van der Waals surface area contributed by atoms with Gasteiger partial charge in [-0.1, -0.05) is 6.92 Å². The predicted octanol–water partition coefficient (Wildman–Crippen LogP) is 3.71. The van der Waals surface area contributed by atoms with Crippen molar-refractivity contribution in [1.82, 2.24) is 10.2 Å². The van der Waals surface area contributed by atoms with Gasteiger partial charge in [0.25, 0.3) is 0 Å². The summed E-state index contributed by atoms with van der Waals surface area (Å²) in [7, 11) is 0. The average molecular weight is 327 g/mol. The summed E-state index contributed by atoms with van der Waals surface area (Å²) in [5, 5.41) is 3.72. The van der Waals surface area contributed by atoms with E-state index in [9.17, 15) is 0 Å². The van der Waals surface area contributed by atoms with Crippen LogP contribution in [0.3, 0.4) is 0 Å². The minimum absolute atomic E-state index is 0.360. The van der Waals surface area contributed by atoms with Gasteiger partial charge in [0.15, 0.2) is 4.67 Å². The first-order valence-corrected chi connectivity index (χ1v) is 8.23. The smallest absolute Gasteiger partial charge is 0.169 e. The molecule has 106 valence electrons. The van der Waals surface area contributed by atoms with E-state index in [-0.39, 0.29) is 0 Å². The Morgan fingerprint density at radius 3 is 2.58 bits per heavy atom. The maximum atomic E-state index is 5.75. The lowest BCUT2D eigenvalue weighted by Crippen LogP contribution is -2.48. The van der Waals surface area contributed by atoms with Crippen LogP contribution in [-0.4, -0.2) is 29.6 Å². The summed E-state index contributed by atoms with van der Waals surface area (Å²) in [6.07, 6.45) is 5.30. The second-order valence-corrected chi connectivity index (χ2v) is 6.69. The molecule has 0 aromatic carbocycles. The number of hydrogen-bond acceptors (Lipinski definition) is 3. The van der Waals surface area contributed by atoms with Gasteiger partial charge >= 0.3 is 0 Å². The van der Waals surface area contributed by atoms with Crippen molar-refractivity contribution in [1.29, 1.82) is 0 Å². The molecular weight excluding hydrogens is 304 g/mol. The molecule has 2 aliphatic heterocycles. The molecule has 4 heteroatoms. The Hall–Kier alpha value is -0.320. The molecular formula is C15H23BrN2O. The van der Waals surface area contributed by atoms with E-state index in [0.717, 1.165) is 29.1 Å². The van der Waals surface area contributed by atoms with Crippen LogP contribution in [0.4, 0.5) is 0 Å². The highest BCUT2D eigenvalue weighted by Gasteiger charge is 2.37. The highest BCUT2D eigenvalue weighted by molar-refractivity contribution is 9.10. The average Bonchev–Trinajstić information content (AvgIpc) is 2.97. The van der Waals surface area contributed by atoms with Gasteiger partial charge in [0.2, 0.25) is 0 Å². The Balaban J connectivity index is 1.73. The summed E-state index contributed by atoms with van der Waals surface area (Å²) in [6, 6.07) is 6.63. The van der Waals surface area contributed by atoms with E-state index >= 15 is 0 Å². The molecule has 1 aromatic rings. The van der Waals surface area contributed by atoms with Gasteiger partial charge in [0, 0.05) is 18.1 Å². The van der Waals surface area contributed by atoms with Crippen molar-refractivity contribution >= 4 is 15.9 Å². The summed E-state index contributed by atoms with van der Waals surface area (Å²) in [6.45, 7) is 5.61. The topological polar surface area (TPSA) is 28.4 Å². The zero-order valence-electron chi connectivity index (χ0n) is 11.7. The third-order valence-electron chi connectivity index (χ3n) is 4.79. The number of nitrogens with one attached hydrogen (secondary N) is 1. The lowest BCUT2D eigenvalue weighted by Gasteiger charge is -2.40. The standard InChI is InChI=1S/C15H23BrN2O/c1-3-18(10(2)14-6-7-15(16)19-14)13-8-11-4-5-12(9-13)17-11/h6-7,10-13,17H,3-5,8-9H2,1-2H3. The van der Waals surface area contributed by atoms with Gasteiger partial charge < -0.3 is 9.73 Å². The third-order valence-corrected chi connectivity index (χ3v) is 5.21. The highest BCUT2D eigenvalue weighted by Crippen LogP contribution is 2.34. The van der Waals surface area contributed by atoms with Crippen LogP contribution >= 0.6 is 15.9 Å². The molecule has 1 N–H and O–H groups in total. The van der Waals surface area contributed by atoms with Gasteiger partial charge in [-0.2, -0.15) is 0 Å². The maximum absolute atomic E-state index is 5.75. The van der Waals surface area contributed by atoms with Crippen LogP contribution in [-0.2, 0) is 0 Å². The summed E-state index contributed by atoms with van der Waals surface area (Å²) in [5.41, 5.74) is 0. The molecule has 0 spiro atoms. The molecule has 0 amide bonds. The lowest BCUT2D eigenvalue weighted by atomic mass is 9.96. The number of rotatable bonds is 4. The summed E-state index contributed by atoms with van der Waals surface area (Å²) in [5.74, 6) is 1.07. The van der Waals surface area contributed by atoms with Crippen LogP contribution < -0.4 is 5.32 Å². The molecule has 19 heavy (non-hydrogen) atoms. The fraction of sp³-hybridized carbons (Fsp3) is 0.733. The molecule has 3 rings (SSSR count). The van der Waals surface area contributed by atoms with E-state index in [1.807, 2.05) is 6.07 Å². The first-order chi connectivity index (χ1) is 9.17. The Morgan fingerprint density at radius 2 is 2.05 bits per heavy atom. The normalized spacial score (nSPS) is 31.9. The lowest BCUT2D eigenvalue weighted by molar-refractivity contribution is 0.0959. The van der Waals surface area contributed by atoms with E-state index in [1.54, 1.807) is 0 Å². The zero-order valence-corrected chi connectivity index (χ0v) is 13.3. The van der Waals surface area contributed by atoms with Crippen LogP contribution in [0, 0.1) is 0 Å². The Kier molecular flexibility index (Phi) is 4.01. The van der Waals surface area contributed by atoms with E-state index in [4.69, 9.17) is 4.42 Å². The molecule has 0 aliphatic carbocycles. The van der Waals surface area contributed by atoms with Crippen molar-refractivity contribution < 1.29 is 4.42 Å². The van der Waals surface area contributed by atoms with Crippen molar-refractivity contribution in [3.8, 4) is 0 Å². The molecule has 1 aromatic heterocycles. The molecule has 2 saturated heterocycles. The van der Waals surface area contributed by atoms with Gasteiger partial charge in [0.1, 0.15) is 5.76 Å². The van der Waals surface area contributed by atoms with Crippen molar-refractivity contribution in [2.75, 3.05) is 6.54 Å². The van der Waals surface area contributed by atoms with Gasteiger partial charge in [-0.3, -0.25) is 4.90 Å². The summed E-state index contributed by atoms with van der Waals surface area (Å²) < 4.78 is 6.58. The Morgan fingerprint density at radius 1 is 1.37 bits per heavy atom. The largest absolute Gasteiger partial charge is 0.453 e. The number of piperidine rings is 1. The minimum Gasteiger partial charge on any atom is -0.453 e. The first-order valence-electron chi connectivity index (χ1n) is 7.44. The minimum atomic E-state index is 0.360. The van der Waals surface area contributed by atoms with E-state index in [0.29, 0.717) is 12.1 Å². The van der Waals surface area contributed by atoms with Crippen LogP contribution in [0.15, 0.2) is 21.2 Å². The third kappa shape index (κ3) is 2.76. The SMILES string of the molecule is CCN(C1CC2CCC(C1)N2)C(C)c1ccc(Br)o1. The number of nitrogens with zero attached hydrogens (tertiary/aromatic N) is 1. The van der Waals surface area contributed by atoms with Crippen LogP contribution in [0.1, 0.15) is 51.3 Å². The predicted molar refractivity (Wildman–Crippen MR) is 80.2 cm³/mol. The number of halogens is 1.